The fourth-order valence-electron chi connectivity index (χ4n) is 2.77. The molecule has 0 aliphatic carbocycles. The smallest absolute Gasteiger partial charge is 0.122 e. The van der Waals surface area contributed by atoms with Gasteiger partial charge in [-0.3, -0.25) is 4.90 Å². The summed E-state index contributed by atoms with van der Waals surface area (Å²) in [7, 11) is 2.22. The van der Waals surface area contributed by atoms with E-state index in [2.05, 4.69) is 16.9 Å². The van der Waals surface area contributed by atoms with E-state index in [-0.39, 0.29) is 0 Å². The molecule has 0 aromatic carbocycles. The Bertz CT molecular complexity index is 388. The normalized spacial score (nSPS) is 31.7. The molecule has 0 amide bonds. The van der Waals surface area contributed by atoms with Crippen LogP contribution in [0, 0.1) is 0 Å². The van der Waals surface area contributed by atoms with Crippen LogP contribution < -0.4 is 0 Å². The Morgan fingerprint density at radius 1 is 1.53 bits per heavy atom. The molecule has 3 atom stereocenters. The van der Waals surface area contributed by atoms with E-state index in [4.69, 9.17) is 0 Å². The molecule has 3 heterocycles. The van der Waals surface area contributed by atoms with Gasteiger partial charge >= 0.3 is 0 Å². The average Bonchev–Trinajstić information content (AvgIpc) is 2.70. The highest BCUT2D eigenvalue weighted by Crippen LogP contribution is 2.45. The third kappa shape index (κ3) is 1.35. The predicted molar refractivity (Wildman–Crippen MR) is 60.0 cm³/mol. The van der Waals surface area contributed by atoms with Crippen molar-refractivity contribution in [3.05, 3.63) is 15.6 Å². The second kappa shape index (κ2) is 3.27. The zero-order valence-electron chi connectivity index (χ0n) is 9.10. The number of likely N-dealkylation sites (N-methyl/N-ethyl adjacent to an activating group) is 1. The molecule has 0 radical (unpaired) electrons. The van der Waals surface area contributed by atoms with Gasteiger partial charge in [0.1, 0.15) is 11.1 Å². The van der Waals surface area contributed by atoms with E-state index in [1.165, 1.54) is 23.4 Å². The van der Waals surface area contributed by atoms with Crippen LogP contribution in [-0.2, 0) is 6.42 Å². The number of nitrogens with zero attached hydrogens (tertiary/aromatic N) is 2. The van der Waals surface area contributed by atoms with Crippen molar-refractivity contribution in [1.82, 2.24) is 9.88 Å². The summed E-state index contributed by atoms with van der Waals surface area (Å²) < 4.78 is 0. The molecular formula is C11H16N2OS. The molecule has 0 spiro atoms. The van der Waals surface area contributed by atoms with Crippen LogP contribution in [0.3, 0.4) is 0 Å². The zero-order chi connectivity index (χ0) is 10.6. The van der Waals surface area contributed by atoms with E-state index in [0.717, 1.165) is 11.4 Å². The number of aliphatic hydroxyl groups excluding tert-OH is 1. The quantitative estimate of drug-likeness (QED) is 0.791. The van der Waals surface area contributed by atoms with Gasteiger partial charge in [0.2, 0.25) is 0 Å². The van der Waals surface area contributed by atoms with Gasteiger partial charge in [-0.1, -0.05) is 0 Å². The van der Waals surface area contributed by atoms with Crippen LogP contribution in [0.1, 0.15) is 47.5 Å². The van der Waals surface area contributed by atoms with Crippen molar-refractivity contribution in [2.75, 3.05) is 7.05 Å². The Kier molecular flexibility index (Phi) is 2.13. The Hall–Kier alpha value is -0.450. The highest BCUT2D eigenvalue weighted by atomic mass is 32.1. The van der Waals surface area contributed by atoms with Gasteiger partial charge in [0.15, 0.2) is 0 Å². The summed E-state index contributed by atoms with van der Waals surface area (Å²) in [4.78, 5) is 8.45. The Morgan fingerprint density at radius 3 is 3.07 bits per heavy atom. The SMILES string of the molecule is CC(O)c1nc2c(s1)C1CCC(C2)N1C. The van der Waals surface area contributed by atoms with Crippen molar-refractivity contribution in [3.63, 3.8) is 0 Å². The van der Waals surface area contributed by atoms with Crippen molar-refractivity contribution in [2.45, 2.75) is 44.4 Å². The second-order valence-electron chi connectivity index (χ2n) is 4.66. The van der Waals surface area contributed by atoms with Crippen LogP contribution in [-0.4, -0.2) is 28.1 Å². The number of rotatable bonds is 1. The van der Waals surface area contributed by atoms with Crippen molar-refractivity contribution in [1.29, 1.82) is 0 Å². The first kappa shape index (κ1) is 9.75. The minimum atomic E-state index is -0.413. The fraction of sp³-hybridized carbons (Fsp3) is 0.727. The van der Waals surface area contributed by atoms with Gasteiger partial charge in [-0.25, -0.2) is 4.98 Å². The fourth-order valence-corrected chi connectivity index (χ4v) is 3.98. The lowest BCUT2D eigenvalue weighted by Gasteiger charge is -2.29. The van der Waals surface area contributed by atoms with Gasteiger partial charge in [-0.15, -0.1) is 11.3 Å². The molecule has 0 saturated carbocycles. The lowest BCUT2D eigenvalue weighted by molar-refractivity contribution is 0.198. The maximum absolute atomic E-state index is 9.54. The van der Waals surface area contributed by atoms with Crippen LogP contribution in [0.4, 0.5) is 0 Å². The van der Waals surface area contributed by atoms with E-state index in [0.29, 0.717) is 12.1 Å². The lowest BCUT2D eigenvalue weighted by Crippen LogP contribution is -2.33. The van der Waals surface area contributed by atoms with E-state index in [1.807, 2.05) is 0 Å². The summed E-state index contributed by atoms with van der Waals surface area (Å²) in [6.07, 6.45) is 3.22. The van der Waals surface area contributed by atoms with Gasteiger partial charge < -0.3 is 5.11 Å². The topological polar surface area (TPSA) is 36.4 Å². The molecule has 15 heavy (non-hydrogen) atoms. The number of thiazole rings is 1. The van der Waals surface area contributed by atoms with Crippen molar-refractivity contribution in [3.8, 4) is 0 Å². The molecule has 3 nitrogen and oxygen atoms in total. The first-order valence-corrected chi connectivity index (χ1v) is 6.38. The van der Waals surface area contributed by atoms with Gasteiger partial charge in [-0.05, 0) is 26.8 Å². The number of aliphatic hydroxyl groups is 1. The largest absolute Gasteiger partial charge is 0.386 e. The molecule has 1 aromatic heterocycles. The molecule has 1 N–H and O–H groups in total. The van der Waals surface area contributed by atoms with E-state index >= 15 is 0 Å². The van der Waals surface area contributed by atoms with Crippen molar-refractivity contribution >= 4 is 11.3 Å². The molecule has 3 unspecified atom stereocenters. The van der Waals surface area contributed by atoms with Crippen LogP contribution in [0.15, 0.2) is 0 Å². The van der Waals surface area contributed by atoms with Crippen LogP contribution in [0.2, 0.25) is 0 Å². The average molecular weight is 224 g/mol. The van der Waals surface area contributed by atoms with Crippen LogP contribution >= 0.6 is 11.3 Å². The highest BCUT2D eigenvalue weighted by molar-refractivity contribution is 7.11. The maximum Gasteiger partial charge on any atom is 0.122 e. The summed E-state index contributed by atoms with van der Waals surface area (Å²) in [5.41, 5.74) is 1.25. The molecule has 2 bridgehead atoms. The minimum Gasteiger partial charge on any atom is -0.386 e. The molecular weight excluding hydrogens is 208 g/mol. The first-order valence-electron chi connectivity index (χ1n) is 5.56. The second-order valence-corrected chi connectivity index (χ2v) is 5.72. The summed E-state index contributed by atoms with van der Waals surface area (Å²) in [6, 6.07) is 1.26. The predicted octanol–water partition coefficient (Wildman–Crippen LogP) is 1.89. The summed E-state index contributed by atoms with van der Waals surface area (Å²) in [6.45, 7) is 1.80. The van der Waals surface area contributed by atoms with Crippen molar-refractivity contribution in [2.24, 2.45) is 0 Å². The molecule has 2 aliphatic rings. The monoisotopic (exact) mass is 224 g/mol. The third-order valence-electron chi connectivity index (χ3n) is 3.67. The Labute approximate surface area is 93.8 Å². The number of hydrogen-bond acceptors (Lipinski definition) is 4. The number of aromatic nitrogens is 1. The zero-order valence-corrected chi connectivity index (χ0v) is 9.92. The molecule has 3 rings (SSSR count). The van der Waals surface area contributed by atoms with Crippen LogP contribution in [0.5, 0.6) is 0 Å². The molecule has 82 valence electrons. The number of hydrogen-bond donors (Lipinski definition) is 1. The lowest BCUT2D eigenvalue weighted by atomic mass is 10.1. The van der Waals surface area contributed by atoms with Gasteiger partial charge in [0.25, 0.3) is 0 Å². The van der Waals surface area contributed by atoms with E-state index in [9.17, 15) is 5.11 Å². The maximum atomic E-state index is 9.54. The van der Waals surface area contributed by atoms with Gasteiger partial charge in [-0.2, -0.15) is 0 Å². The number of fused-ring (bicyclic) bond motifs is 4. The first-order chi connectivity index (χ1) is 7.16. The van der Waals surface area contributed by atoms with Crippen LogP contribution in [0.25, 0.3) is 0 Å². The van der Waals surface area contributed by atoms with E-state index in [1.54, 1.807) is 18.3 Å². The highest BCUT2D eigenvalue weighted by Gasteiger charge is 2.39. The Balaban J connectivity index is 2.03. The third-order valence-corrected chi connectivity index (χ3v) is 5.04. The Morgan fingerprint density at radius 2 is 2.33 bits per heavy atom. The molecule has 1 aromatic rings. The molecule has 2 aliphatic heterocycles. The molecule has 4 heteroatoms. The summed E-state index contributed by atoms with van der Waals surface area (Å²) in [5.74, 6) is 0. The van der Waals surface area contributed by atoms with Gasteiger partial charge in [0, 0.05) is 23.4 Å². The van der Waals surface area contributed by atoms with Crippen molar-refractivity contribution < 1.29 is 5.11 Å². The summed E-state index contributed by atoms with van der Waals surface area (Å²) >= 11 is 1.70. The molecule has 1 saturated heterocycles. The minimum absolute atomic E-state index is 0.413. The van der Waals surface area contributed by atoms with Gasteiger partial charge in [0.05, 0.1) is 5.69 Å². The summed E-state index contributed by atoms with van der Waals surface area (Å²) in [5, 5.41) is 10.4. The van der Waals surface area contributed by atoms with E-state index < -0.39 is 6.10 Å². The standard InChI is InChI=1S/C11H16N2OS/c1-6(14)11-12-8-5-7-3-4-9(13(7)2)10(8)15-11/h6-7,9,14H,3-5H2,1-2H3. The molecule has 1 fully saturated rings.